The van der Waals surface area contributed by atoms with Crippen LogP contribution in [0, 0.1) is 17.0 Å². The van der Waals surface area contributed by atoms with Crippen molar-refractivity contribution in [2.45, 2.75) is 26.6 Å². The van der Waals surface area contributed by atoms with Crippen molar-refractivity contribution >= 4 is 5.69 Å². The van der Waals surface area contributed by atoms with E-state index in [0.29, 0.717) is 6.54 Å². The molecule has 0 saturated heterocycles. The molecule has 1 aliphatic rings. The Morgan fingerprint density at radius 3 is 2.95 bits per heavy atom. The molecule has 104 valence electrons. The van der Waals surface area contributed by atoms with Gasteiger partial charge < -0.3 is 4.57 Å². The quantitative estimate of drug-likeness (QED) is 0.634. The number of rotatable bonds is 3. The Bertz CT molecular complexity index is 650. The van der Waals surface area contributed by atoms with E-state index in [0.717, 1.165) is 36.7 Å². The van der Waals surface area contributed by atoms with E-state index in [1.807, 2.05) is 19.1 Å². The van der Waals surface area contributed by atoms with E-state index >= 15 is 0 Å². The molecule has 20 heavy (non-hydrogen) atoms. The van der Waals surface area contributed by atoms with Crippen molar-refractivity contribution in [3.05, 3.63) is 57.7 Å². The van der Waals surface area contributed by atoms with E-state index in [9.17, 15) is 10.1 Å². The van der Waals surface area contributed by atoms with Crippen LogP contribution in [0.5, 0.6) is 0 Å². The summed E-state index contributed by atoms with van der Waals surface area (Å²) >= 11 is 0. The molecule has 1 aliphatic heterocycles. The Balaban J connectivity index is 1.78. The first-order valence-electron chi connectivity index (χ1n) is 6.61. The molecule has 1 aromatic carbocycles. The molecule has 0 N–H and O–H groups in total. The third-order valence-corrected chi connectivity index (χ3v) is 3.58. The van der Waals surface area contributed by atoms with Gasteiger partial charge in [0.25, 0.3) is 5.69 Å². The Hall–Kier alpha value is -2.21. The highest BCUT2D eigenvalue weighted by Gasteiger charge is 2.21. The summed E-state index contributed by atoms with van der Waals surface area (Å²) in [5.74, 6) is 1.03. The number of nitrogens with zero attached hydrogens (tertiary/aromatic N) is 4. The maximum absolute atomic E-state index is 11.0. The van der Waals surface area contributed by atoms with Crippen molar-refractivity contribution in [2.24, 2.45) is 0 Å². The first kappa shape index (κ1) is 12.8. The molecule has 0 radical (unpaired) electrons. The number of aryl methyl sites for hydroxylation is 1. The van der Waals surface area contributed by atoms with E-state index in [2.05, 4.69) is 20.6 Å². The second-order valence-electron chi connectivity index (χ2n) is 5.09. The summed E-state index contributed by atoms with van der Waals surface area (Å²) in [6.45, 7) is 5.08. The van der Waals surface area contributed by atoms with Crippen molar-refractivity contribution in [3.63, 3.8) is 0 Å². The molecule has 0 unspecified atom stereocenters. The average Bonchev–Trinajstić information content (AvgIpc) is 2.78. The highest BCUT2D eigenvalue weighted by molar-refractivity contribution is 5.39. The van der Waals surface area contributed by atoms with Crippen LogP contribution in [0.3, 0.4) is 0 Å². The van der Waals surface area contributed by atoms with Crippen LogP contribution in [-0.2, 0) is 19.6 Å². The van der Waals surface area contributed by atoms with Gasteiger partial charge in [-0.25, -0.2) is 4.98 Å². The van der Waals surface area contributed by atoms with Crippen LogP contribution in [0.1, 0.15) is 17.1 Å². The summed E-state index contributed by atoms with van der Waals surface area (Å²) in [7, 11) is 0. The van der Waals surface area contributed by atoms with Crippen molar-refractivity contribution in [3.8, 4) is 0 Å². The van der Waals surface area contributed by atoms with Crippen LogP contribution in [0.2, 0.25) is 0 Å². The zero-order valence-electron chi connectivity index (χ0n) is 11.3. The van der Waals surface area contributed by atoms with Crippen molar-refractivity contribution < 1.29 is 4.92 Å². The predicted octanol–water partition coefficient (Wildman–Crippen LogP) is 2.12. The first-order valence-corrected chi connectivity index (χ1v) is 6.61. The van der Waals surface area contributed by atoms with Crippen LogP contribution in [-0.4, -0.2) is 25.9 Å². The zero-order chi connectivity index (χ0) is 14.1. The van der Waals surface area contributed by atoms with E-state index in [1.165, 1.54) is 0 Å². The van der Waals surface area contributed by atoms with Gasteiger partial charge in [-0.15, -0.1) is 0 Å². The smallest absolute Gasteiger partial charge is 0.273 e. The average molecular weight is 272 g/mol. The number of benzene rings is 1. The lowest BCUT2D eigenvalue weighted by Gasteiger charge is -2.27. The molecular formula is C14H16N4O2. The number of hydrogen-bond donors (Lipinski definition) is 0. The van der Waals surface area contributed by atoms with Gasteiger partial charge in [-0.05, 0) is 6.92 Å². The van der Waals surface area contributed by atoms with Gasteiger partial charge in [-0.1, -0.05) is 18.2 Å². The molecule has 2 heterocycles. The first-order chi connectivity index (χ1) is 9.63. The molecule has 0 atom stereocenters. The molecular weight excluding hydrogens is 256 g/mol. The number of fused-ring (bicyclic) bond motifs is 1. The van der Waals surface area contributed by atoms with Crippen LogP contribution < -0.4 is 0 Å². The summed E-state index contributed by atoms with van der Waals surface area (Å²) < 4.78 is 2.16. The zero-order valence-corrected chi connectivity index (χ0v) is 11.3. The van der Waals surface area contributed by atoms with Gasteiger partial charge in [0.2, 0.25) is 0 Å². The third-order valence-electron chi connectivity index (χ3n) is 3.58. The molecule has 0 bridgehead atoms. The van der Waals surface area contributed by atoms with Crippen molar-refractivity contribution in [2.75, 3.05) is 6.54 Å². The molecule has 3 rings (SSSR count). The fourth-order valence-corrected chi connectivity index (χ4v) is 2.64. The molecule has 0 aliphatic carbocycles. The molecule has 0 spiro atoms. The second kappa shape index (κ2) is 5.05. The van der Waals surface area contributed by atoms with Gasteiger partial charge in [0.15, 0.2) is 0 Å². The van der Waals surface area contributed by atoms with E-state index in [4.69, 9.17) is 0 Å². The third kappa shape index (κ3) is 2.42. The monoisotopic (exact) mass is 272 g/mol. The van der Waals surface area contributed by atoms with E-state index in [-0.39, 0.29) is 10.6 Å². The Kier molecular flexibility index (Phi) is 3.23. The molecule has 2 aromatic rings. The van der Waals surface area contributed by atoms with Gasteiger partial charge in [-0.3, -0.25) is 15.0 Å². The predicted molar refractivity (Wildman–Crippen MR) is 74.2 cm³/mol. The van der Waals surface area contributed by atoms with Crippen LogP contribution in [0.15, 0.2) is 30.5 Å². The highest BCUT2D eigenvalue weighted by Crippen LogP contribution is 2.22. The van der Waals surface area contributed by atoms with Gasteiger partial charge in [0, 0.05) is 37.5 Å². The van der Waals surface area contributed by atoms with Gasteiger partial charge in [-0.2, -0.15) is 0 Å². The molecule has 0 amide bonds. The topological polar surface area (TPSA) is 64.2 Å². The minimum absolute atomic E-state index is 0.192. The van der Waals surface area contributed by atoms with E-state index < -0.39 is 0 Å². The minimum atomic E-state index is -0.315. The summed E-state index contributed by atoms with van der Waals surface area (Å²) in [6.07, 6.45) is 2.05. The Morgan fingerprint density at radius 2 is 2.15 bits per heavy atom. The lowest BCUT2D eigenvalue weighted by molar-refractivity contribution is -0.385. The van der Waals surface area contributed by atoms with Crippen LogP contribution in [0.25, 0.3) is 0 Å². The Morgan fingerprint density at radius 1 is 1.35 bits per heavy atom. The normalized spacial score (nSPS) is 15.1. The molecule has 0 fully saturated rings. The van der Waals surface area contributed by atoms with Crippen LogP contribution in [0.4, 0.5) is 5.69 Å². The summed E-state index contributed by atoms with van der Waals surface area (Å²) in [4.78, 5) is 17.4. The van der Waals surface area contributed by atoms with Gasteiger partial charge in [0.1, 0.15) is 5.82 Å². The van der Waals surface area contributed by atoms with Crippen molar-refractivity contribution in [1.82, 2.24) is 14.5 Å². The number of para-hydroxylation sites is 1. The van der Waals surface area contributed by atoms with Crippen LogP contribution >= 0.6 is 0 Å². The maximum atomic E-state index is 11.0. The number of nitro benzene ring substituents is 1. The van der Waals surface area contributed by atoms with Gasteiger partial charge in [0.05, 0.1) is 17.2 Å². The molecule has 1 aromatic heterocycles. The summed E-state index contributed by atoms with van der Waals surface area (Å²) in [5.41, 5.74) is 1.97. The lowest BCUT2D eigenvalue weighted by Crippen LogP contribution is -2.33. The van der Waals surface area contributed by atoms with Crippen molar-refractivity contribution in [1.29, 1.82) is 0 Å². The number of imidazole rings is 1. The highest BCUT2D eigenvalue weighted by atomic mass is 16.6. The fraction of sp³-hybridized carbons (Fsp3) is 0.357. The largest absolute Gasteiger partial charge is 0.332 e. The van der Waals surface area contributed by atoms with E-state index in [1.54, 1.807) is 12.1 Å². The lowest BCUT2D eigenvalue weighted by atomic mass is 10.1. The molecule has 6 nitrogen and oxygen atoms in total. The van der Waals surface area contributed by atoms with Gasteiger partial charge >= 0.3 is 0 Å². The molecule has 0 saturated carbocycles. The second-order valence-corrected chi connectivity index (χ2v) is 5.09. The summed E-state index contributed by atoms with van der Waals surface area (Å²) in [6, 6.07) is 6.93. The number of nitro groups is 1. The summed E-state index contributed by atoms with van der Waals surface area (Å²) in [5, 5.41) is 11.0. The number of aromatic nitrogens is 2. The maximum Gasteiger partial charge on any atom is 0.273 e. The standard InChI is InChI=1S/C14H16N4O2/c1-11-8-17-7-6-16(10-14(17)15-11)9-12-4-2-3-5-13(12)18(19)20/h2-5,8H,6-7,9-10H2,1H3. The molecule has 6 heteroatoms. The number of hydrogen-bond acceptors (Lipinski definition) is 4. The SMILES string of the molecule is Cc1cn2c(n1)CN(Cc1ccccc1[N+](=O)[O-])CC2. The minimum Gasteiger partial charge on any atom is -0.332 e. The fourth-order valence-electron chi connectivity index (χ4n) is 2.64. The Labute approximate surface area is 116 Å².